The lowest BCUT2D eigenvalue weighted by atomic mass is 9.94. The smallest absolute Gasteiger partial charge is 0.356 e. The van der Waals surface area contributed by atoms with Crippen molar-refractivity contribution in [2.75, 3.05) is 5.32 Å². The summed E-state index contributed by atoms with van der Waals surface area (Å²) in [4.78, 5) is 0. The quantitative estimate of drug-likeness (QED) is 0.803. The molecule has 2 aromatic carbocycles. The number of hydrogen-bond donors (Lipinski definition) is 1. The second kappa shape index (κ2) is 4.76. The Morgan fingerprint density at radius 1 is 0.889 bits per heavy atom. The van der Waals surface area contributed by atoms with Gasteiger partial charge in [-0.05, 0) is 30.3 Å². The number of alkyl halides is 3. The highest BCUT2D eigenvalue weighted by molar-refractivity contribution is 6.35. The SMILES string of the molecule is [B]c1ccccc1Nc1ccc(C(F)(F)F)cc1. The van der Waals surface area contributed by atoms with Gasteiger partial charge in [0.15, 0.2) is 0 Å². The van der Waals surface area contributed by atoms with Crippen molar-refractivity contribution in [2.24, 2.45) is 0 Å². The molecule has 0 aliphatic heterocycles. The maximum absolute atomic E-state index is 12.4. The number of halogens is 3. The molecule has 0 aromatic heterocycles. The van der Waals surface area contributed by atoms with Crippen LogP contribution in [0.4, 0.5) is 24.5 Å². The Hall–Kier alpha value is -1.91. The van der Waals surface area contributed by atoms with E-state index in [0.717, 1.165) is 12.1 Å². The number of para-hydroxylation sites is 1. The van der Waals surface area contributed by atoms with Crippen molar-refractivity contribution in [1.82, 2.24) is 0 Å². The van der Waals surface area contributed by atoms with E-state index in [9.17, 15) is 13.2 Å². The van der Waals surface area contributed by atoms with E-state index < -0.39 is 11.7 Å². The van der Waals surface area contributed by atoms with Gasteiger partial charge in [0.05, 0.1) is 5.56 Å². The van der Waals surface area contributed by atoms with E-state index in [1.807, 2.05) is 0 Å². The average molecular weight is 247 g/mol. The molecule has 0 bridgehead atoms. The molecule has 2 radical (unpaired) electrons. The predicted octanol–water partition coefficient (Wildman–Crippen LogP) is 3.24. The first-order valence-corrected chi connectivity index (χ1v) is 5.25. The average Bonchev–Trinajstić information content (AvgIpc) is 2.32. The van der Waals surface area contributed by atoms with E-state index in [1.54, 1.807) is 24.3 Å². The highest BCUT2D eigenvalue weighted by atomic mass is 19.4. The molecule has 2 rings (SSSR count). The van der Waals surface area contributed by atoms with Crippen molar-refractivity contribution in [3.63, 3.8) is 0 Å². The van der Waals surface area contributed by atoms with Crippen molar-refractivity contribution in [1.29, 1.82) is 0 Å². The molecule has 0 spiro atoms. The summed E-state index contributed by atoms with van der Waals surface area (Å²) in [7, 11) is 5.73. The summed E-state index contributed by atoms with van der Waals surface area (Å²) in [5.74, 6) is 0. The number of benzene rings is 2. The van der Waals surface area contributed by atoms with Crippen LogP contribution in [0.15, 0.2) is 48.5 Å². The summed E-state index contributed by atoms with van der Waals surface area (Å²) in [6.07, 6.45) is -4.32. The second-order valence-electron chi connectivity index (χ2n) is 3.79. The maximum atomic E-state index is 12.4. The zero-order chi connectivity index (χ0) is 13.2. The Bertz CT molecular complexity index is 535. The Labute approximate surface area is 104 Å². The van der Waals surface area contributed by atoms with Gasteiger partial charge in [-0.2, -0.15) is 13.2 Å². The first-order chi connectivity index (χ1) is 8.47. The number of rotatable bonds is 2. The fourth-order valence-electron chi connectivity index (χ4n) is 1.51. The first kappa shape index (κ1) is 12.5. The van der Waals surface area contributed by atoms with Crippen LogP contribution in [0, 0.1) is 0 Å². The minimum absolute atomic E-state index is 0.539. The van der Waals surface area contributed by atoms with Crippen LogP contribution in [0.2, 0.25) is 0 Å². The normalized spacial score (nSPS) is 11.3. The van der Waals surface area contributed by atoms with Crippen molar-refractivity contribution < 1.29 is 13.2 Å². The fraction of sp³-hybridized carbons (Fsp3) is 0.0769. The summed E-state index contributed by atoms with van der Waals surface area (Å²) in [5.41, 5.74) is 1.09. The summed E-state index contributed by atoms with van der Waals surface area (Å²) in [6.45, 7) is 0. The minimum atomic E-state index is -4.32. The molecule has 5 heteroatoms. The van der Waals surface area contributed by atoms with Gasteiger partial charge < -0.3 is 5.32 Å². The van der Waals surface area contributed by atoms with Gasteiger partial charge in [-0.15, -0.1) is 0 Å². The van der Waals surface area contributed by atoms with E-state index in [1.165, 1.54) is 12.1 Å². The van der Waals surface area contributed by atoms with Crippen molar-refractivity contribution in [2.45, 2.75) is 6.18 Å². The Balaban J connectivity index is 2.19. The minimum Gasteiger partial charge on any atom is -0.356 e. The van der Waals surface area contributed by atoms with E-state index in [-0.39, 0.29) is 0 Å². The summed E-state index contributed by atoms with van der Waals surface area (Å²) in [6, 6.07) is 11.9. The molecule has 0 heterocycles. The van der Waals surface area contributed by atoms with Crippen molar-refractivity contribution in [3.8, 4) is 0 Å². The van der Waals surface area contributed by atoms with Gasteiger partial charge in [0.1, 0.15) is 7.85 Å². The van der Waals surface area contributed by atoms with Crippen LogP contribution < -0.4 is 10.8 Å². The van der Waals surface area contributed by atoms with Crippen molar-refractivity contribution >= 4 is 24.7 Å². The van der Waals surface area contributed by atoms with Gasteiger partial charge in [-0.1, -0.05) is 23.7 Å². The Kier molecular flexibility index (Phi) is 3.32. The van der Waals surface area contributed by atoms with Crippen LogP contribution in [0.3, 0.4) is 0 Å². The standard InChI is InChI=1S/C13H9BF3N/c14-11-3-1-2-4-12(11)18-10-7-5-9(6-8-10)13(15,16)17/h1-8,18H. The molecule has 0 saturated carbocycles. The summed E-state index contributed by atoms with van der Waals surface area (Å²) < 4.78 is 37.1. The molecule has 0 atom stereocenters. The van der Waals surface area contributed by atoms with Crippen LogP contribution in [0.1, 0.15) is 5.56 Å². The topological polar surface area (TPSA) is 12.0 Å². The van der Waals surface area contributed by atoms with Gasteiger partial charge in [-0.3, -0.25) is 0 Å². The van der Waals surface area contributed by atoms with E-state index in [2.05, 4.69) is 5.32 Å². The number of nitrogens with one attached hydrogen (secondary N) is 1. The van der Waals surface area contributed by atoms with Gasteiger partial charge in [-0.25, -0.2) is 0 Å². The highest BCUT2D eigenvalue weighted by Gasteiger charge is 2.29. The number of anilines is 2. The third kappa shape index (κ3) is 2.86. The van der Waals surface area contributed by atoms with E-state index >= 15 is 0 Å². The molecule has 0 aliphatic rings. The number of hydrogen-bond acceptors (Lipinski definition) is 1. The Morgan fingerprint density at radius 3 is 2.06 bits per heavy atom. The summed E-state index contributed by atoms with van der Waals surface area (Å²) in [5, 5.41) is 2.96. The highest BCUT2D eigenvalue weighted by Crippen LogP contribution is 2.30. The third-order valence-corrected chi connectivity index (χ3v) is 2.45. The zero-order valence-electron chi connectivity index (χ0n) is 9.33. The molecule has 0 unspecified atom stereocenters. The van der Waals surface area contributed by atoms with Gasteiger partial charge in [0.25, 0.3) is 0 Å². The van der Waals surface area contributed by atoms with E-state index in [0.29, 0.717) is 16.8 Å². The van der Waals surface area contributed by atoms with Crippen LogP contribution in [0.5, 0.6) is 0 Å². The molecule has 0 saturated heterocycles. The molecule has 90 valence electrons. The summed E-state index contributed by atoms with van der Waals surface area (Å²) >= 11 is 0. The molecule has 1 nitrogen and oxygen atoms in total. The molecule has 0 aliphatic carbocycles. The third-order valence-electron chi connectivity index (χ3n) is 2.45. The van der Waals surface area contributed by atoms with E-state index in [4.69, 9.17) is 7.85 Å². The van der Waals surface area contributed by atoms with Crippen LogP contribution in [0.25, 0.3) is 0 Å². The lowest BCUT2D eigenvalue weighted by molar-refractivity contribution is -0.137. The molecular formula is C13H9BF3N. The Morgan fingerprint density at radius 2 is 1.50 bits per heavy atom. The monoisotopic (exact) mass is 247 g/mol. The first-order valence-electron chi connectivity index (χ1n) is 5.25. The molecule has 0 fully saturated rings. The van der Waals surface area contributed by atoms with Gasteiger partial charge in [0.2, 0.25) is 0 Å². The zero-order valence-corrected chi connectivity index (χ0v) is 9.33. The maximum Gasteiger partial charge on any atom is 0.416 e. The lowest BCUT2D eigenvalue weighted by Crippen LogP contribution is -2.09. The fourth-order valence-corrected chi connectivity index (χ4v) is 1.51. The molecule has 18 heavy (non-hydrogen) atoms. The predicted molar refractivity (Wildman–Crippen MR) is 66.6 cm³/mol. The largest absolute Gasteiger partial charge is 0.416 e. The lowest BCUT2D eigenvalue weighted by Gasteiger charge is -2.11. The molecule has 0 amide bonds. The molecule has 2 aromatic rings. The van der Waals surface area contributed by atoms with Crippen LogP contribution >= 0.6 is 0 Å². The van der Waals surface area contributed by atoms with Crippen LogP contribution in [-0.4, -0.2) is 7.85 Å². The molecular weight excluding hydrogens is 238 g/mol. The molecule has 1 N–H and O–H groups in total. The second-order valence-corrected chi connectivity index (χ2v) is 3.79. The van der Waals surface area contributed by atoms with Gasteiger partial charge in [0, 0.05) is 11.4 Å². The van der Waals surface area contributed by atoms with Crippen LogP contribution in [-0.2, 0) is 6.18 Å². The van der Waals surface area contributed by atoms with Crippen molar-refractivity contribution in [3.05, 3.63) is 54.1 Å². The van der Waals surface area contributed by atoms with Gasteiger partial charge >= 0.3 is 6.18 Å².